The van der Waals surface area contributed by atoms with Gasteiger partial charge in [0.05, 0.1) is 0 Å². The van der Waals surface area contributed by atoms with Crippen LogP contribution < -0.4 is 26.8 Å². The van der Waals surface area contributed by atoms with Gasteiger partial charge in [0.15, 0.2) is 0 Å². The molecule has 8 nitrogen and oxygen atoms in total. The molecular formula is C24H40F3N7O. The number of alkyl halides is 3. The highest BCUT2D eigenvalue weighted by Crippen LogP contribution is 2.34. The van der Waals surface area contributed by atoms with Crippen molar-refractivity contribution >= 4 is 5.69 Å². The molecule has 4 atom stereocenters. The zero-order chi connectivity index (χ0) is 25.2. The largest absolute Gasteiger partial charge is 0.573 e. The second kappa shape index (κ2) is 11.2. The average Bonchev–Trinajstić information content (AvgIpc) is 3.09. The molecule has 198 valence electrons. The molecule has 0 amide bonds. The number of rotatable bonds is 6. The maximum Gasteiger partial charge on any atom is 0.573 e. The monoisotopic (exact) mass is 499 g/mol. The first-order chi connectivity index (χ1) is 16.7. The van der Waals surface area contributed by atoms with Gasteiger partial charge in [-0.25, -0.2) is 9.80 Å². The summed E-state index contributed by atoms with van der Waals surface area (Å²) in [6.45, 7) is 4.91. The Morgan fingerprint density at radius 2 is 1.54 bits per heavy atom. The van der Waals surface area contributed by atoms with E-state index in [0.29, 0.717) is 18.3 Å². The lowest BCUT2D eigenvalue weighted by Gasteiger charge is -2.57. The summed E-state index contributed by atoms with van der Waals surface area (Å²) in [6, 6.07) is 6.33. The third-order valence-corrected chi connectivity index (χ3v) is 7.80. The number of nitrogens with two attached hydrogens (primary N) is 3. The number of nitrogens with zero attached hydrogens (tertiary/aromatic N) is 4. The van der Waals surface area contributed by atoms with Gasteiger partial charge in [-0.3, -0.25) is 16.4 Å². The lowest BCUT2D eigenvalue weighted by atomic mass is 10.1. The lowest BCUT2D eigenvalue weighted by Crippen LogP contribution is -2.80. The molecule has 4 unspecified atom stereocenters. The third kappa shape index (κ3) is 6.03. The van der Waals surface area contributed by atoms with Crippen LogP contribution in [0.3, 0.4) is 0 Å². The zero-order valence-electron chi connectivity index (χ0n) is 20.5. The van der Waals surface area contributed by atoms with Crippen molar-refractivity contribution in [3.63, 3.8) is 0 Å². The van der Waals surface area contributed by atoms with Gasteiger partial charge >= 0.3 is 6.36 Å². The highest BCUT2D eigenvalue weighted by atomic mass is 19.4. The third-order valence-electron chi connectivity index (χ3n) is 7.80. The quantitative estimate of drug-likeness (QED) is 0.514. The molecule has 2 aliphatic heterocycles. The Labute approximate surface area is 206 Å². The molecule has 1 aliphatic carbocycles. The summed E-state index contributed by atoms with van der Waals surface area (Å²) < 4.78 is 42.0. The molecular weight excluding hydrogens is 459 g/mol. The minimum absolute atomic E-state index is 0.221. The van der Waals surface area contributed by atoms with Crippen LogP contribution in [0.4, 0.5) is 18.9 Å². The summed E-state index contributed by atoms with van der Waals surface area (Å²) in [4.78, 5) is 8.60. The van der Waals surface area contributed by atoms with E-state index in [2.05, 4.69) is 26.4 Å². The van der Waals surface area contributed by atoms with E-state index in [1.54, 1.807) is 12.1 Å². The highest BCUT2D eigenvalue weighted by molar-refractivity contribution is 5.51. The van der Waals surface area contributed by atoms with Gasteiger partial charge in [0.25, 0.3) is 0 Å². The first-order valence-electron chi connectivity index (χ1n) is 12.9. The second-order valence-corrected chi connectivity index (χ2v) is 9.90. The van der Waals surface area contributed by atoms with E-state index in [0.717, 1.165) is 51.6 Å². The number of benzene rings is 1. The predicted octanol–water partition coefficient (Wildman–Crippen LogP) is 2.94. The van der Waals surface area contributed by atoms with Crippen molar-refractivity contribution in [3.8, 4) is 5.75 Å². The number of likely N-dealkylation sites (N-methyl/N-ethyl adjacent to an activating group) is 1. The molecule has 1 saturated carbocycles. The molecule has 0 bridgehead atoms. The van der Waals surface area contributed by atoms with Crippen LogP contribution in [-0.2, 0) is 0 Å². The van der Waals surface area contributed by atoms with Crippen LogP contribution in [0.1, 0.15) is 58.3 Å². The van der Waals surface area contributed by atoms with Gasteiger partial charge in [-0.05, 0) is 63.0 Å². The first kappa shape index (κ1) is 26.4. The summed E-state index contributed by atoms with van der Waals surface area (Å²) in [6.07, 6.45) is 2.53. The minimum Gasteiger partial charge on any atom is -0.406 e. The lowest BCUT2D eigenvalue weighted by molar-refractivity contribution is -0.274. The number of ether oxygens (including phenoxy) is 1. The summed E-state index contributed by atoms with van der Waals surface area (Å²) in [5, 5.41) is 0. The summed E-state index contributed by atoms with van der Waals surface area (Å²) in [7, 11) is 0. The Morgan fingerprint density at radius 3 is 2.14 bits per heavy atom. The topological polar surface area (TPSA) is 100 Å². The van der Waals surface area contributed by atoms with Crippen LogP contribution in [0.15, 0.2) is 24.3 Å². The fourth-order valence-corrected chi connectivity index (χ4v) is 6.04. The van der Waals surface area contributed by atoms with E-state index in [9.17, 15) is 13.2 Å². The zero-order valence-corrected chi connectivity index (χ0v) is 20.5. The van der Waals surface area contributed by atoms with E-state index < -0.39 is 25.2 Å². The van der Waals surface area contributed by atoms with Crippen molar-refractivity contribution in [2.24, 2.45) is 17.2 Å². The number of hydrogen-bond donors (Lipinski definition) is 3. The van der Waals surface area contributed by atoms with Crippen LogP contribution in [0, 0.1) is 0 Å². The van der Waals surface area contributed by atoms with Gasteiger partial charge in [-0.2, -0.15) is 0 Å². The van der Waals surface area contributed by atoms with Crippen molar-refractivity contribution in [3.05, 3.63) is 24.3 Å². The van der Waals surface area contributed by atoms with Gasteiger partial charge in [0.2, 0.25) is 0 Å². The Bertz CT molecular complexity index is 803. The van der Waals surface area contributed by atoms with E-state index in [4.69, 9.17) is 17.2 Å². The predicted molar refractivity (Wildman–Crippen MR) is 130 cm³/mol. The number of anilines is 1. The van der Waals surface area contributed by atoms with Crippen LogP contribution in [0.25, 0.3) is 0 Å². The molecule has 0 aromatic heterocycles. The van der Waals surface area contributed by atoms with Gasteiger partial charge in [-0.15, -0.1) is 13.2 Å². The maximum atomic E-state index is 12.7. The second-order valence-electron chi connectivity index (χ2n) is 9.90. The molecule has 6 N–H and O–H groups in total. The molecule has 1 aromatic carbocycles. The summed E-state index contributed by atoms with van der Waals surface area (Å²) in [5.74, 6) is -0.279. The number of halogens is 3. The molecule has 3 fully saturated rings. The van der Waals surface area contributed by atoms with Crippen LogP contribution in [0.2, 0.25) is 0 Å². The molecule has 2 heterocycles. The molecule has 0 radical (unpaired) electrons. The average molecular weight is 500 g/mol. The summed E-state index contributed by atoms with van der Waals surface area (Å²) in [5.41, 5.74) is 21.1. The normalized spacial score (nSPS) is 30.5. The fourth-order valence-electron chi connectivity index (χ4n) is 6.04. The minimum atomic E-state index is -4.74. The maximum absolute atomic E-state index is 12.7. The van der Waals surface area contributed by atoms with Gasteiger partial charge in [-0.1, -0.05) is 32.6 Å². The van der Waals surface area contributed by atoms with Gasteiger partial charge in [0, 0.05) is 24.3 Å². The highest BCUT2D eigenvalue weighted by Gasteiger charge is 2.46. The number of hydrogen-bond acceptors (Lipinski definition) is 8. The smallest absolute Gasteiger partial charge is 0.406 e. The van der Waals surface area contributed by atoms with Crippen LogP contribution in [-0.4, -0.2) is 71.6 Å². The van der Waals surface area contributed by atoms with Crippen LogP contribution >= 0.6 is 0 Å². The Morgan fingerprint density at radius 1 is 0.886 bits per heavy atom. The first-order valence-corrected chi connectivity index (χ1v) is 12.9. The van der Waals surface area contributed by atoms with Crippen molar-refractivity contribution in [1.82, 2.24) is 14.7 Å². The van der Waals surface area contributed by atoms with Gasteiger partial charge < -0.3 is 15.4 Å². The Kier molecular flexibility index (Phi) is 8.45. The van der Waals surface area contributed by atoms with E-state index >= 15 is 0 Å². The SMILES string of the molecule is CCN1CCCC1CN1C(N)N(c2ccc(OC(F)(F)F)cc2)C(N)N(C2CCCCCC2)C1N. The fraction of sp³-hybridized carbons (Fsp3) is 0.750. The Balaban J connectivity index is 1.63. The molecule has 11 heteroatoms. The number of likely N-dealkylation sites (tertiary alicyclic amines) is 1. The van der Waals surface area contributed by atoms with E-state index in [-0.39, 0.29) is 11.8 Å². The van der Waals surface area contributed by atoms with Crippen LogP contribution in [0.5, 0.6) is 5.75 Å². The van der Waals surface area contributed by atoms with E-state index in [1.807, 2.05) is 4.90 Å². The molecule has 3 aliphatic rings. The van der Waals surface area contributed by atoms with Crippen molar-refractivity contribution in [2.45, 2.75) is 95.6 Å². The van der Waals surface area contributed by atoms with Crippen molar-refractivity contribution < 1.29 is 17.9 Å². The van der Waals surface area contributed by atoms with Crippen molar-refractivity contribution in [2.75, 3.05) is 24.5 Å². The standard InChI is InChI=1S/C24H40F3N7O/c1-2-31-15-7-10-19(31)16-32-21(28)33(17-8-5-3-4-6-9-17)23(30)34(22(32)29)18-11-13-20(14-12-18)35-24(25,26)27/h11-14,17,19,21-23H,2-10,15-16,28-30H2,1H3. The van der Waals surface area contributed by atoms with Gasteiger partial charge in [0.1, 0.15) is 24.6 Å². The molecule has 0 spiro atoms. The van der Waals surface area contributed by atoms with Crippen molar-refractivity contribution in [1.29, 1.82) is 0 Å². The molecule has 2 saturated heterocycles. The van der Waals surface area contributed by atoms with E-state index in [1.165, 1.54) is 25.0 Å². The Hall–Kier alpha value is -1.63. The molecule has 35 heavy (non-hydrogen) atoms. The molecule has 1 aromatic rings. The summed E-state index contributed by atoms with van der Waals surface area (Å²) >= 11 is 0. The molecule has 4 rings (SSSR count).